The van der Waals surface area contributed by atoms with Gasteiger partial charge in [-0.25, -0.2) is 8.42 Å². The predicted molar refractivity (Wildman–Crippen MR) is 105 cm³/mol. The number of benzene rings is 2. The molecular weight excluding hydrogens is 439 g/mol. The predicted octanol–water partition coefficient (Wildman–Crippen LogP) is 2.98. The second-order valence-corrected chi connectivity index (χ2v) is 8.88. The molecule has 0 aromatic heterocycles. The highest BCUT2D eigenvalue weighted by atomic mass is 32.2. The summed E-state index contributed by atoms with van der Waals surface area (Å²) in [7, 11) is -3.21. The first kappa shape index (κ1) is 22.4. The van der Waals surface area contributed by atoms with Gasteiger partial charge in [-0.1, -0.05) is 0 Å². The third-order valence-corrected chi connectivity index (χ3v) is 5.95. The summed E-state index contributed by atoms with van der Waals surface area (Å²) < 4.78 is 71.3. The Labute approximate surface area is 175 Å². The molecule has 0 bridgehead atoms. The van der Waals surface area contributed by atoms with Crippen LogP contribution in [0.25, 0.3) is 0 Å². The molecule has 2 aromatic rings. The van der Waals surface area contributed by atoms with E-state index < -0.39 is 44.0 Å². The fourth-order valence-electron chi connectivity index (χ4n) is 2.93. The average molecular weight is 457 g/mol. The summed E-state index contributed by atoms with van der Waals surface area (Å²) in [5.41, 5.74) is -2.47. The van der Waals surface area contributed by atoms with Crippen molar-refractivity contribution < 1.29 is 35.9 Å². The maximum Gasteiger partial charge on any atom is 0.416 e. The molecule has 3 N–H and O–H groups in total. The number of halogens is 3. The van der Waals surface area contributed by atoms with Gasteiger partial charge in [0.2, 0.25) is 5.91 Å². The van der Waals surface area contributed by atoms with Crippen LogP contribution in [-0.2, 0) is 21.0 Å². The SMILES string of the molecule is COc1c(S(=O)(=O)Nc2ccc(C(F)(F)F)cc2)ccc2c1C(=O)NC(C)(C)C(=O)N2. The molecule has 0 aliphatic carbocycles. The van der Waals surface area contributed by atoms with Crippen LogP contribution >= 0.6 is 0 Å². The molecule has 0 atom stereocenters. The molecule has 31 heavy (non-hydrogen) atoms. The lowest BCUT2D eigenvalue weighted by Gasteiger charge is -2.21. The van der Waals surface area contributed by atoms with Crippen molar-refractivity contribution >= 4 is 33.2 Å². The molecule has 8 nitrogen and oxygen atoms in total. The molecule has 0 saturated carbocycles. The molecule has 2 aromatic carbocycles. The van der Waals surface area contributed by atoms with Crippen LogP contribution in [0, 0.1) is 0 Å². The summed E-state index contributed by atoms with van der Waals surface area (Å²) in [4.78, 5) is 24.6. The summed E-state index contributed by atoms with van der Waals surface area (Å²) in [6.45, 7) is 2.95. The van der Waals surface area contributed by atoms with Gasteiger partial charge in [0, 0.05) is 5.69 Å². The maximum atomic E-state index is 12.9. The number of amides is 2. The topological polar surface area (TPSA) is 114 Å². The lowest BCUT2D eigenvalue weighted by molar-refractivity contribution is -0.137. The van der Waals surface area contributed by atoms with Crippen molar-refractivity contribution in [2.24, 2.45) is 0 Å². The fourth-order valence-corrected chi connectivity index (χ4v) is 4.16. The zero-order valence-electron chi connectivity index (χ0n) is 16.5. The summed E-state index contributed by atoms with van der Waals surface area (Å²) in [6.07, 6.45) is -4.57. The number of hydrogen-bond donors (Lipinski definition) is 3. The molecule has 12 heteroatoms. The van der Waals surface area contributed by atoms with Gasteiger partial charge in [0.25, 0.3) is 15.9 Å². The van der Waals surface area contributed by atoms with E-state index in [1.165, 1.54) is 19.9 Å². The molecule has 0 radical (unpaired) electrons. The van der Waals surface area contributed by atoms with E-state index >= 15 is 0 Å². The fraction of sp³-hybridized carbons (Fsp3) is 0.263. The summed E-state index contributed by atoms with van der Waals surface area (Å²) in [6, 6.07) is 5.75. The van der Waals surface area contributed by atoms with E-state index in [0.717, 1.165) is 37.4 Å². The highest BCUT2D eigenvalue weighted by molar-refractivity contribution is 7.92. The van der Waals surface area contributed by atoms with Crippen LogP contribution in [0.15, 0.2) is 41.3 Å². The quantitative estimate of drug-likeness (QED) is 0.653. The van der Waals surface area contributed by atoms with Gasteiger partial charge in [-0.2, -0.15) is 13.2 Å². The minimum Gasteiger partial charge on any atom is -0.494 e. The number of nitrogens with one attached hydrogen (secondary N) is 3. The highest BCUT2D eigenvalue weighted by Gasteiger charge is 2.38. The number of carbonyl (C=O) groups excluding carboxylic acids is 2. The second-order valence-electron chi connectivity index (χ2n) is 7.23. The van der Waals surface area contributed by atoms with Crippen LogP contribution in [0.5, 0.6) is 5.75 Å². The van der Waals surface area contributed by atoms with E-state index in [-0.39, 0.29) is 22.7 Å². The molecule has 2 amide bonds. The molecule has 166 valence electrons. The number of alkyl halides is 3. The van der Waals surface area contributed by atoms with E-state index in [0.29, 0.717) is 0 Å². The second kappa shape index (κ2) is 7.45. The molecule has 3 rings (SSSR count). The van der Waals surface area contributed by atoms with Gasteiger partial charge in [0.05, 0.1) is 18.4 Å². The largest absolute Gasteiger partial charge is 0.494 e. The van der Waals surface area contributed by atoms with Crippen molar-refractivity contribution in [1.29, 1.82) is 0 Å². The Hall–Kier alpha value is -3.28. The normalized spacial score (nSPS) is 15.9. The van der Waals surface area contributed by atoms with Crippen LogP contribution in [0.2, 0.25) is 0 Å². The minimum atomic E-state index is -4.57. The Morgan fingerprint density at radius 3 is 2.19 bits per heavy atom. The number of hydrogen-bond acceptors (Lipinski definition) is 5. The van der Waals surface area contributed by atoms with Crippen molar-refractivity contribution in [1.82, 2.24) is 5.32 Å². The monoisotopic (exact) mass is 457 g/mol. The Morgan fingerprint density at radius 2 is 1.65 bits per heavy atom. The first-order chi connectivity index (χ1) is 14.3. The third-order valence-electron chi connectivity index (χ3n) is 4.55. The van der Waals surface area contributed by atoms with Gasteiger partial charge in [-0.05, 0) is 50.2 Å². The van der Waals surface area contributed by atoms with E-state index in [9.17, 15) is 31.2 Å². The summed E-state index contributed by atoms with van der Waals surface area (Å²) in [5.74, 6) is -1.57. The van der Waals surface area contributed by atoms with Crippen molar-refractivity contribution in [3.63, 3.8) is 0 Å². The number of carbonyl (C=O) groups is 2. The van der Waals surface area contributed by atoms with Crippen LogP contribution < -0.4 is 20.1 Å². The van der Waals surface area contributed by atoms with Gasteiger partial charge < -0.3 is 15.4 Å². The lowest BCUT2D eigenvalue weighted by Crippen LogP contribution is -2.50. The Balaban J connectivity index is 2.03. The van der Waals surface area contributed by atoms with E-state index in [2.05, 4.69) is 15.4 Å². The standard InChI is InChI=1S/C19H18F3N3O5S/c1-18(2)17(27)23-12-8-9-13(15(30-3)14(12)16(26)24-18)31(28,29)25-11-6-4-10(5-7-11)19(20,21)22/h4-9,25H,1-3H3,(H,23,27)(H,24,26). The van der Waals surface area contributed by atoms with Gasteiger partial charge in [-0.15, -0.1) is 0 Å². The third kappa shape index (κ3) is 4.29. The molecule has 1 heterocycles. The molecule has 1 aliphatic heterocycles. The van der Waals surface area contributed by atoms with Crippen LogP contribution in [0.4, 0.5) is 24.5 Å². The van der Waals surface area contributed by atoms with Crippen LogP contribution in [0.1, 0.15) is 29.8 Å². The molecule has 0 spiro atoms. The summed E-state index contributed by atoms with van der Waals surface area (Å²) >= 11 is 0. The van der Waals surface area contributed by atoms with Crippen molar-refractivity contribution in [2.75, 3.05) is 17.1 Å². The van der Waals surface area contributed by atoms with Crippen molar-refractivity contribution in [3.05, 3.63) is 47.5 Å². The number of fused-ring (bicyclic) bond motifs is 1. The Kier molecular flexibility index (Phi) is 5.38. The number of methoxy groups -OCH3 is 1. The summed E-state index contributed by atoms with van der Waals surface area (Å²) in [5, 5.41) is 5.04. The van der Waals surface area contributed by atoms with E-state index in [1.807, 2.05) is 0 Å². The van der Waals surface area contributed by atoms with Gasteiger partial charge >= 0.3 is 6.18 Å². The van der Waals surface area contributed by atoms with Crippen LogP contribution in [0.3, 0.4) is 0 Å². The molecule has 0 saturated heterocycles. The minimum absolute atomic E-state index is 0.0541. The highest BCUT2D eigenvalue weighted by Crippen LogP contribution is 2.37. The first-order valence-corrected chi connectivity index (χ1v) is 10.3. The number of anilines is 2. The van der Waals surface area contributed by atoms with Crippen LogP contribution in [-0.4, -0.2) is 32.9 Å². The van der Waals surface area contributed by atoms with E-state index in [4.69, 9.17) is 4.74 Å². The van der Waals surface area contributed by atoms with Gasteiger partial charge in [0.1, 0.15) is 16.0 Å². The van der Waals surface area contributed by atoms with Crippen molar-refractivity contribution in [2.45, 2.75) is 30.5 Å². The molecular formula is C19H18F3N3O5S. The average Bonchev–Trinajstić information content (AvgIpc) is 2.74. The maximum absolute atomic E-state index is 12.9. The Bertz CT molecular complexity index is 1160. The number of rotatable bonds is 4. The zero-order valence-corrected chi connectivity index (χ0v) is 17.4. The van der Waals surface area contributed by atoms with E-state index in [1.54, 1.807) is 0 Å². The molecule has 0 fully saturated rings. The smallest absolute Gasteiger partial charge is 0.416 e. The molecule has 0 unspecified atom stereocenters. The van der Waals surface area contributed by atoms with Gasteiger partial charge in [0.15, 0.2) is 5.75 Å². The first-order valence-electron chi connectivity index (χ1n) is 8.81. The van der Waals surface area contributed by atoms with Gasteiger partial charge in [-0.3, -0.25) is 14.3 Å². The Morgan fingerprint density at radius 1 is 1.03 bits per heavy atom. The lowest BCUT2D eigenvalue weighted by atomic mass is 10.1. The number of sulfonamides is 1. The number of ether oxygens (including phenoxy) is 1. The van der Waals surface area contributed by atoms with Crippen molar-refractivity contribution in [3.8, 4) is 5.75 Å². The molecule has 1 aliphatic rings. The zero-order chi connectivity index (χ0) is 23.2.